The Balaban J connectivity index is 1.94. The smallest absolute Gasteiger partial charge is 0.300 e. The van der Waals surface area contributed by atoms with Gasteiger partial charge in [0.25, 0.3) is 11.7 Å². The van der Waals surface area contributed by atoms with Crippen molar-refractivity contribution in [2.75, 3.05) is 4.90 Å². The molecule has 0 bridgehead atoms. The van der Waals surface area contributed by atoms with Gasteiger partial charge >= 0.3 is 0 Å². The predicted octanol–water partition coefficient (Wildman–Crippen LogP) is 4.29. The molecular formula is C23H16F2N2O3. The molecule has 2 aromatic carbocycles. The van der Waals surface area contributed by atoms with Crippen LogP contribution in [0, 0.1) is 18.6 Å². The molecule has 1 amide bonds. The van der Waals surface area contributed by atoms with E-state index in [1.807, 2.05) is 0 Å². The van der Waals surface area contributed by atoms with Crippen LogP contribution in [0.25, 0.3) is 5.76 Å². The van der Waals surface area contributed by atoms with Crippen molar-refractivity contribution in [1.29, 1.82) is 0 Å². The van der Waals surface area contributed by atoms with E-state index in [0.29, 0.717) is 5.69 Å². The fourth-order valence-corrected chi connectivity index (χ4v) is 3.47. The molecule has 30 heavy (non-hydrogen) atoms. The van der Waals surface area contributed by atoms with Crippen molar-refractivity contribution in [3.8, 4) is 0 Å². The molecule has 1 aliphatic heterocycles. The summed E-state index contributed by atoms with van der Waals surface area (Å²) in [5, 5.41) is 10.9. The van der Waals surface area contributed by atoms with Crippen LogP contribution in [-0.4, -0.2) is 21.8 Å². The van der Waals surface area contributed by atoms with Gasteiger partial charge in [-0.25, -0.2) is 8.78 Å². The van der Waals surface area contributed by atoms with Gasteiger partial charge in [0.2, 0.25) is 0 Å². The number of aliphatic hydroxyl groups is 1. The van der Waals surface area contributed by atoms with Gasteiger partial charge in [0.1, 0.15) is 23.4 Å². The number of carbonyl (C=O) groups is 2. The van der Waals surface area contributed by atoms with E-state index in [-0.39, 0.29) is 22.4 Å². The molecule has 0 spiro atoms. The quantitative estimate of drug-likeness (QED) is 0.400. The van der Waals surface area contributed by atoms with E-state index in [9.17, 15) is 23.5 Å². The maximum Gasteiger partial charge on any atom is 0.300 e. The summed E-state index contributed by atoms with van der Waals surface area (Å²) in [6.45, 7) is 1.53. The van der Waals surface area contributed by atoms with Crippen molar-refractivity contribution in [2.24, 2.45) is 0 Å². The number of Topliss-reactive ketones (excluding diaryl/α,β-unsaturated/α-hetero) is 1. The first kappa shape index (κ1) is 19.4. The Labute approximate surface area is 170 Å². The van der Waals surface area contributed by atoms with E-state index in [1.165, 1.54) is 60.5 Å². The highest BCUT2D eigenvalue weighted by Crippen LogP contribution is 2.41. The van der Waals surface area contributed by atoms with E-state index in [0.717, 1.165) is 0 Å². The van der Waals surface area contributed by atoms with Gasteiger partial charge in [-0.2, -0.15) is 0 Å². The highest BCUT2D eigenvalue weighted by molar-refractivity contribution is 6.51. The third-order valence-corrected chi connectivity index (χ3v) is 4.95. The molecule has 7 heteroatoms. The zero-order valence-corrected chi connectivity index (χ0v) is 15.8. The first-order valence-corrected chi connectivity index (χ1v) is 9.12. The second kappa shape index (κ2) is 7.51. The molecule has 0 aliphatic carbocycles. The summed E-state index contributed by atoms with van der Waals surface area (Å²) in [6, 6.07) is 13.0. The molecule has 4 rings (SSSR count). The van der Waals surface area contributed by atoms with Crippen LogP contribution >= 0.6 is 0 Å². The average molecular weight is 406 g/mol. The molecule has 0 saturated carbocycles. The molecule has 150 valence electrons. The molecule has 3 aromatic rings. The lowest BCUT2D eigenvalue weighted by molar-refractivity contribution is -0.132. The van der Waals surface area contributed by atoms with Gasteiger partial charge in [-0.3, -0.25) is 19.5 Å². The molecule has 2 heterocycles. The van der Waals surface area contributed by atoms with Crippen molar-refractivity contribution < 1.29 is 23.5 Å². The first-order valence-electron chi connectivity index (χ1n) is 9.12. The number of aryl methyl sites for hydroxylation is 1. The molecule has 1 fully saturated rings. The third kappa shape index (κ3) is 3.24. The largest absolute Gasteiger partial charge is 0.507 e. The number of halogens is 2. The summed E-state index contributed by atoms with van der Waals surface area (Å²) in [6.07, 6.45) is 1.50. The summed E-state index contributed by atoms with van der Waals surface area (Å²) in [7, 11) is 0. The Kier molecular flexibility index (Phi) is 4.87. The van der Waals surface area contributed by atoms with E-state index in [1.54, 1.807) is 18.2 Å². The van der Waals surface area contributed by atoms with Gasteiger partial charge in [0.05, 0.1) is 11.3 Å². The summed E-state index contributed by atoms with van der Waals surface area (Å²) in [5.41, 5.74) is 0.937. The van der Waals surface area contributed by atoms with Gasteiger partial charge in [0.15, 0.2) is 0 Å². The highest BCUT2D eigenvalue weighted by atomic mass is 19.1. The number of carbonyl (C=O) groups excluding carboxylic acids is 2. The predicted molar refractivity (Wildman–Crippen MR) is 107 cm³/mol. The van der Waals surface area contributed by atoms with Crippen LogP contribution in [0.3, 0.4) is 0 Å². The number of aliphatic hydroxyl groups excluding tert-OH is 1. The average Bonchev–Trinajstić information content (AvgIpc) is 3.02. The Bertz CT molecular complexity index is 1170. The zero-order chi connectivity index (χ0) is 21.4. The fourth-order valence-electron chi connectivity index (χ4n) is 3.47. The monoisotopic (exact) mass is 406 g/mol. The van der Waals surface area contributed by atoms with Crippen LogP contribution < -0.4 is 4.90 Å². The molecule has 1 unspecified atom stereocenters. The van der Waals surface area contributed by atoms with Crippen LogP contribution in [-0.2, 0) is 9.59 Å². The first-order chi connectivity index (χ1) is 14.4. The third-order valence-electron chi connectivity index (χ3n) is 4.95. The summed E-state index contributed by atoms with van der Waals surface area (Å²) in [4.78, 5) is 31.2. The summed E-state index contributed by atoms with van der Waals surface area (Å²) in [5.74, 6) is -3.17. The second-order valence-corrected chi connectivity index (χ2v) is 6.86. The van der Waals surface area contributed by atoms with Crippen LogP contribution in [0.1, 0.15) is 22.9 Å². The molecule has 1 N–H and O–H groups in total. The van der Waals surface area contributed by atoms with Gasteiger partial charge in [-0.15, -0.1) is 0 Å². The van der Waals surface area contributed by atoms with E-state index < -0.39 is 35.1 Å². The Hall–Kier alpha value is -3.87. The van der Waals surface area contributed by atoms with Crippen LogP contribution in [0.2, 0.25) is 0 Å². The minimum absolute atomic E-state index is 0.172. The van der Waals surface area contributed by atoms with Crippen molar-refractivity contribution in [3.63, 3.8) is 0 Å². The molecule has 1 saturated heterocycles. The number of anilines is 1. The van der Waals surface area contributed by atoms with Gasteiger partial charge < -0.3 is 5.11 Å². The normalized spacial score (nSPS) is 18.1. The van der Waals surface area contributed by atoms with Crippen molar-refractivity contribution >= 4 is 23.1 Å². The Morgan fingerprint density at radius 1 is 1.03 bits per heavy atom. The number of pyridine rings is 1. The van der Waals surface area contributed by atoms with Crippen molar-refractivity contribution in [2.45, 2.75) is 13.0 Å². The number of nitrogens with zero attached hydrogens (tertiary/aromatic N) is 2. The fraction of sp³-hybridized carbons (Fsp3) is 0.0870. The highest BCUT2D eigenvalue weighted by Gasteiger charge is 2.47. The lowest BCUT2D eigenvalue weighted by atomic mass is 9.97. The SMILES string of the molecule is Cc1cc(/C(O)=C2/C(=O)C(=O)N(c3ccc(F)cc3)C2c2ccccn2)ccc1F. The Morgan fingerprint density at radius 2 is 1.77 bits per heavy atom. The molecule has 0 radical (unpaired) electrons. The van der Waals surface area contributed by atoms with Crippen LogP contribution in [0.15, 0.2) is 72.4 Å². The summed E-state index contributed by atoms with van der Waals surface area (Å²) >= 11 is 0. The maximum atomic E-state index is 13.7. The molecule has 1 atom stereocenters. The second-order valence-electron chi connectivity index (χ2n) is 6.86. The van der Waals surface area contributed by atoms with Crippen LogP contribution in [0.5, 0.6) is 0 Å². The number of aromatic nitrogens is 1. The number of benzene rings is 2. The standard InChI is InChI=1S/C23H16F2N2O3/c1-13-12-14(5-10-17(13)25)21(28)19-20(18-4-2-3-11-26-18)27(23(30)22(19)29)16-8-6-15(24)7-9-16/h2-12,20,28H,1H3/b21-19-. The minimum Gasteiger partial charge on any atom is -0.507 e. The van der Waals surface area contributed by atoms with Crippen molar-refractivity contribution in [1.82, 2.24) is 4.98 Å². The molecule has 1 aliphatic rings. The lowest BCUT2D eigenvalue weighted by Gasteiger charge is -2.24. The summed E-state index contributed by atoms with van der Waals surface area (Å²) < 4.78 is 27.1. The topological polar surface area (TPSA) is 70.5 Å². The molecular weight excluding hydrogens is 390 g/mol. The number of amides is 1. The van der Waals surface area contributed by atoms with Gasteiger partial charge in [0, 0.05) is 17.4 Å². The van der Waals surface area contributed by atoms with Gasteiger partial charge in [-0.05, 0) is 67.1 Å². The number of hydrogen-bond donors (Lipinski definition) is 1. The minimum atomic E-state index is -1.03. The Morgan fingerprint density at radius 3 is 2.40 bits per heavy atom. The van der Waals surface area contributed by atoms with E-state index in [4.69, 9.17) is 0 Å². The number of ketones is 1. The van der Waals surface area contributed by atoms with Crippen molar-refractivity contribution in [3.05, 3.63) is 101 Å². The number of hydrogen-bond acceptors (Lipinski definition) is 4. The van der Waals surface area contributed by atoms with E-state index >= 15 is 0 Å². The lowest BCUT2D eigenvalue weighted by Crippen LogP contribution is -2.29. The van der Waals surface area contributed by atoms with Crippen LogP contribution in [0.4, 0.5) is 14.5 Å². The molecule has 1 aromatic heterocycles. The zero-order valence-electron chi connectivity index (χ0n) is 15.8. The molecule has 5 nitrogen and oxygen atoms in total. The van der Waals surface area contributed by atoms with E-state index in [2.05, 4.69) is 4.98 Å². The maximum absolute atomic E-state index is 13.7. The number of rotatable bonds is 3. The van der Waals surface area contributed by atoms with Gasteiger partial charge in [-0.1, -0.05) is 6.07 Å².